The van der Waals surface area contributed by atoms with E-state index in [1.807, 2.05) is 34.6 Å². The number of nitrogens with two attached hydrogens (primary N) is 1. The second-order valence-corrected chi connectivity index (χ2v) is 9.65. The molecule has 0 bridgehead atoms. The van der Waals surface area contributed by atoms with Gasteiger partial charge in [0.1, 0.15) is 6.04 Å². The number of carbonyl (C=O) groups is 4. The Morgan fingerprint density at radius 1 is 0.848 bits per heavy atom. The van der Waals surface area contributed by atoms with Crippen molar-refractivity contribution in [3.05, 3.63) is 0 Å². The smallest absolute Gasteiger partial charge is 0.243 e. The second-order valence-electron chi connectivity index (χ2n) is 9.65. The number of unbranched alkanes of at least 4 members (excludes halogenated alkanes) is 1. The quantitative estimate of drug-likeness (QED) is 0.202. The van der Waals surface area contributed by atoms with Crippen LogP contribution in [0.3, 0.4) is 0 Å². The van der Waals surface area contributed by atoms with Gasteiger partial charge in [-0.3, -0.25) is 19.2 Å². The van der Waals surface area contributed by atoms with Gasteiger partial charge in [0.05, 0.1) is 18.6 Å². The SMILES string of the molecule is CCNC(C(=O)NC(CC(C)C)C(=O)NCC(=O)NC(CCCCN)C(=O)C(C)C)C(C)C. The van der Waals surface area contributed by atoms with Gasteiger partial charge in [-0.15, -0.1) is 0 Å². The summed E-state index contributed by atoms with van der Waals surface area (Å²) in [6.45, 7) is 14.2. The molecule has 0 saturated heterocycles. The lowest BCUT2D eigenvalue weighted by atomic mass is 9.97. The predicted molar refractivity (Wildman–Crippen MR) is 131 cm³/mol. The summed E-state index contributed by atoms with van der Waals surface area (Å²) in [7, 11) is 0. The van der Waals surface area contributed by atoms with E-state index in [0.29, 0.717) is 25.9 Å². The van der Waals surface area contributed by atoms with Crippen LogP contribution in [-0.2, 0) is 19.2 Å². The zero-order chi connectivity index (χ0) is 25.6. The molecule has 0 heterocycles. The minimum Gasteiger partial charge on any atom is -0.345 e. The Morgan fingerprint density at radius 3 is 1.97 bits per heavy atom. The van der Waals surface area contributed by atoms with E-state index in [4.69, 9.17) is 5.73 Å². The lowest BCUT2D eigenvalue weighted by Crippen LogP contribution is -2.55. The molecule has 0 fully saturated rings. The molecule has 33 heavy (non-hydrogen) atoms. The van der Waals surface area contributed by atoms with Gasteiger partial charge in [0.25, 0.3) is 0 Å². The largest absolute Gasteiger partial charge is 0.345 e. The van der Waals surface area contributed by atoms with Crippen molar-refractivity contribution in [1.29, 1.82) is 0 Å². The van der Waals surface area contributed by atoms with Crippen LogP contribution < -0.4 is 27.0 Å². The van der Waals surface area contributed by atoms with E-state index >= 15 is 0 Å². The highest BCUT2D eigenvalue weighted by molar-refractivity contribution is 5.94. The third-order valence-corrected chi connectivity index (χ3v) is 5.33. The van der Waals surface area contributed by atoms with Crippen molar-refractivity contribution in [2.75, 3.05) is 19.6 Å². The first kappa shape index (κ1) is 31.0. The highest BCUT2D eigenvalue weighted by Crippen LogP contribution is 2.09. The van der Waals surface area contributed by atoms with Crippen molar-refractivity contribution >= 4 is 23.5 Å². The summed E-state index contributed by atoms with van der Waals surface area (Å²) in [5, 5.41) is 11.3. The molecule has 0 aromatic rings. The lowest BCUT2D eigenvalue weighted by molar-refractivity contribution is -0.132. The molecule has 3 unspecified atom stereocenters. The molecule has 0 rings (SSSR count). The monoisotopic (exact) mass is 469 g/mol. The molecule has 3 atom stereocenters. The van der Waals surface area contributed by atoms with Crippen LogP contribution in [0, 0.1) is 17.8 Å². The van der Waals surface area contributed by atoms with Gasteiger partial charge in [0.2, 0.25) is 17.7 Å². The third kappa shape index (κ3) is 12.7. The van der Waals surface area contributed by atoms with Crippen LogP contribution in [-0.4, -0.2) is 61.3 Å². The van der Waals surface area contributed by atoms with Crippen LogP contribution in [0.25, 0.3) is 0 Å². The zero-order valence-electron chi connectivity index (χ0n) is 21.6. The molecule has 0 aromatic carbocycles. The Balaban J connectivity index is 5.05. The van der Waals surface area contributed by atoms with E-state index in [9.17, 15) is 19.2 Å². The number of amides is 3. The van der Waals surface area contributed by atoms with Gasteiger partial charge in [0.15, 0.2) is 5.78 Å². The molecule has 6 N–H and O–H groups in total. The molecule has 9 heteroatoms. The number of carbonyl (C=O) groups excluding carboxylic acids is 4. The normalized spacial score (nSPS) is 14.2. The van der Waals surface area contributed by atoms with E-state index in [1.54, 1.807) is 13.8 Å². The van der Waals surface area contributed by atoms with Gasteiger partial charge in [-0.1, -0.05) is 48.5 Å². The van der Waals surface area contributed by atoms with Gasteiger partial charge in [-0.25, -0.2) is 0 Å². The van der Waals surface area contributed by atoms with E-state index in [2.05, 4.69) is 21.3 Å². The third-order valence-electron chi connectivity index (χ3n) is 5.33. The Kier molecular flexibility index (Phi) is 15.6. The average molecular weight is 470 g/mol. The van der Waals surface area contributed by atoms with Crippen LogP contribution in [0.2, 0.25) is 0 Å². The van der Waals surface area contributed by atoms with E-state index in [0.717, 1.165) is 12.8 Å². The van der Waals surface area contributed by atoms with Gasteiger partial charge < -0.3 is 27.0 Å². The maximum atomic E-state index is 12.8. The molecule has 0 aliphatic heterocycles. The Hall–Kier alpha value is -2.00. The van der Waals surface area contributed by atoms with Crippen LogP contribution in [0.5, 0.6) is 0 Å². The number of hydrogen-bond acceptors (Lipinski definition) is 6. The fourth-order valence-electron chi connectivity index (χ4n) is 3.53. The van der Waals surface area contributed by atoms with Gasteiger partial charge in [-0.05, 0) is 50.6 Å². The average Bonchev–Trinajstić information content (AvgIpc) is 2.73. The minimum absolute atomic E-state index is 0.0419. The summed E-state index contributed by atoms with van der Waals surface area (Å²) < 4.78 is 0. The molecule has 0 aliphatic carbocycles. The first-order valence-electron chi connectivity index (χ1n) is 12.3. The topological polar surface area (TPSA) is 142 Å². The molecule has 0 saturated carbocycles. The fraction of sp³-hybridized carbons (Fsp3) is 0.833. The molecule has 0 aromatic heterocycles. The van der Waals surface area contributed by atoms with Crippen LogP contribution >= 0.6 is 0 Å². The summed E-state index contributed by atoms with van der Waals surface area (Å²) in [4.78, 5) is 50.5. The summed E-state index contributed by atoms with van der Waals surface area (Å²) in [6.07, 6.45) is 2.47. The summed E-state index contributed by atoms with van der Waals surface area (Å²) in [5.41, 5.74) is 5.53. The maximum Gasteiger partial charge on any atom is 0.243 e. The van der Waals surface area contributed by atoms with Crippen molar-refractivity contribution in [2.24, 2.45) is 23.5 Å². The van der Waals surface area contributed by atoms with Crippen molar-refractivity contribution in [2.45, 2.75) is 92.3 Å². The number of ketones is 1. The molecular formula is C24H47N5O4. The second kappa shape index (κ2) is 16.6. The molecule has 192 valence electrons. The number of hydrogen-bond donors (Lipinski definition) is 5. The molecule has 0 aliphatic rings. The van der Waals surface area contributed by atoms with Crippen LogP contribution in [0.1, 0.15) is 74.1 Å². The Labute approximate surface area is 199 Å². The van der Waals surface area contributed by atoms with Gasteiger partial charge in [0, 0.05) is 5.92 Å². The van der Waals surface area contributed by atoms with Crippen LogP contribution in [0.4, 0.5) is 0 Å². The lowest BCUT2D eigenvalue weighted by Gasteiger charge is -2.26. The zero-order valence-corrected chi connectivity index (χ0v) is 21.6. The van der Waals surface area contributed by atoms with E-state index in [1.165, 1.54) is 0 Å². The molecule has 0 spiro atoms. The van der Waals surface area contributed by atoms with E-state index in [-0.39, 0.29) is 36.0 Å². The van der Waals surface area contributed by atoms with Crippen LogP contribution in [0.15, 0.2) is 0 Å². The number of likely N-dealkylation sites (N-methyl/N-ethyl adjacent to an activating group) is 1. The molecule has 9 nitrogen and oxygen atoms in total. The highest BCUT2D eigenvalue weighted by Gasteiger charge is 2.28. The standard InChI is InChI=1S/C24H47N5O4/c1-8-26-21(16(4)5)24(33)29-19(13-15(2)3)23(32)27-14-20(30)28-18(11-9-10-12-25)22(31)17(6)7/h15-19,21,26H,8-14,25H2,1-7H3,(H,27,32)(H,28,30)(H,29,33). The highest BCUT2D eigenvalue weighted by atomic mass is 16.2. The molecule has 3 amide bonds. The maximum absolute atomic E-state index is 12.8. The minimum atomic E-state index is -0.747. The summed E-state index contributed by atoms with van der Waals surface area (Å²) in [6, 6.07) is -1.75. The molecule has 0 radical (unpaired) electrons. The first-order chi connectivity index (χ1) is 15.4. The Morgan fingerprint density at radius 2 is 1.48 bits per heavy atom. The van der Waals surface area contributed by atoms with Crippen molar-refractivity contribution in [3.8, 4) is 0 Å². The predicted octanol–water partition coefficient (Wildman–Crippen LogP) is 1.11. The van der Waals surface area contributed by atoms with Crippen molar-refractivity contribution in [3.63, 3.8) is 0 Å². The number of Topliss-reactive ketones (excluding diaryl/α,β-unsaturated/α-hetero) is 1. The number of nitrogens with one attached hydrogen (secondary N) is 4. The van der Waals surface area contributed by atoms with Crippen molar-refractivity contribution < 1.29 is 19.2 Å². The fourth-order valence-corrected chi connectivity index (χ4v) is 3.53. The van der Waals surface area contributed by atoms with Gasteiger partial charge in [-0.2, -0.15) is 0 Å². The van der Waals surface area contributed by atoms with E-state index < -0.39 is 29.9 Å². The Bertz CT molecular complexity index is 622. The van der Waals surface area contributed by atoms with Crippen molar-refractivity contribution in [1.82, 2.24) is 21.3 Å². The summed E-state index contributed by atoms with van der Waals surface area (Å²) in [5.74, 6) is -1.10. The summed E-state index contributed by atoms with van der Waals surface area (Å²) >= 11 is 0. The molecular weight excluding hydrogens is 422 g/mol. The first-order valence-corrected chi connectivity index (χ1v) is 12.3. The van der Waals surface area contributed by atoms with Gasteiger partial charge >= 0.3 is 0 Å². The number of rotatable bonds is 17.